The molecule has 0 saturated carbocycles. The molecular formula is C7H4BrClF3N. The molecule has 0 radical (unpaired) electrons. The summed E-state index contributed by atoms with van der Waals surface area (Å²) < 4.78 is 37.3. The molecule has 0 aromatic carbocycles. The highest BCUT2D eigenvalue weighted by molar-refractivity contribution is 9.08. The molecule has 72 valence electrons. The molecule has 1 rings (SSSR count). The number of rotatable bonds is 2. The molecule has 0 atom stereocenters. The number of hydrogen-bond acceptors (Lipinski definition) is 1. The van der Waals surface area contributed by atoms with E-state index in [0.29, 0.717) is 0 Å². The Labute approximate surface area is 86.0 Å². The maximum Gasteiger partial charge on any atom is 0.266 e. The van der Waals surface area contributed by atoms with Gasteiger partial charge < -0.3 is 0 Å². The lowest BCUT2D eigenvalue weighted by Gasteiger charge is -2.05. The Balaban J connectivity index is 3.23. The summed E-state index contributed by atoms with van der Waals surface area (Å²) in [6, 6.07) is 0. The lowest BCUT2D eigenvalue weighted by Crippen LogP contribution is -1.97. The number of hydrogen-bond donors (Lipinski definition) is 0. The first-order chi connectivity index (χ1) is 6.07. The second kappa shape index (κ2) is 4.28. The first-order valence-corrected chi connectivity index (χ1v) is 4.74. The van der Waals surface area contributed by atoms with Gasteiger partial charge in [0.25, 0.3) is 6.43 Å². The molecule has 0 N–H and O–H groups in total. The van der Waals surface area contributed by atoms with Crippen LogP contribution in [0.3, 0.4) is 0 Å². The van der Waals surface area contributed by atoms with Crippen molar-refractivity contribution in [3.05, 3.63) is 28.3 Å². The van der Waals surface area contributed by atoms with Gasteiger partial charge in [0, 0.05) is 11.5 Å². The molecule has 1 heterocycles. The highest BCUT2D eigenvalue weighted by Crippen LogP contribution is 2.29. The van der Waals surface area contributed by atoms with Crippen LogP contribution in [0.1, 0.15) is 17.7 Å². The van der Waals surface area contributed by atoms with E-state index in [2.05, 4.69) is 20.9 Å². The Bertz CT molecular complexity index is 319. The number of pyridine rings is 1. The quantitative estimate of drug-likeness (QED) is 0.749. The van der Waals surface area contributed by atoms with Crippen LogP contribution in [0.15, 0.2) is 6.20 Å². The topological polar surface area (TPSA) is 12.9 Å². The zero-order chi connectivity index (χ0) is 10.0. The summed E-state index contributed by atoms with van der Waals surface area (Å²) in [6.45, 7) is 0. The van der Waals surface area contributed by atoms with Gasteiger partial charge in [-0.05, 0) is 0 Å². The first kappa shape index (κ1) is 10.8. The van der Waals surface area contributed by atoms with Crippen molar-refractivity contribution in [1.29, 1.82) is 0 Å². The van der Waals surface area contributed by atoms with Crippen LogP contribution in [0.25, 0.3) is 0 Å². The molecule has 0 saturated heterocycles. The summed E-state index contributed by atoms with van der Waals surface area (Å²) in [6.07, 6.45) is -1.92. The maximum absolute atomic E-state index is 13.1. The Morgan fingerprint density at radius 1 is 1.54 bits per heavy atom. The fraction of sp³-hybridized carbons (Fsp3) is 0.286. The summed E-state index contributed by atoms with van der Waals surface area (Å²) in [4.78, 5) is 3.49. The van der Waals surface area contributed by atoms with Gasteiger partial charge in [0.1, 0.15) is 0 Å². The largest absolute Gasteiger partial charge is 0.266 e. The Morgan fingerprint density at radius 2 is 2.15 bits per heavy atom. The van der Waals surface area contributed by atoms with Crippen molar-refractivity contribution >= 4 is 27.5 Å². The van der Waals surface area contributed by atoms with Gasteiger partial charge in [-0.15, -0.1) is 0 Å². The number of aromatic nitrogens is 1. The van der Waals surface area contributed by atoms with Crippen molar-refractivity contribution in [3.8, 4) is 0 Å². The van der Waals surface area contributed by atoms with Gasteiger partial charge in [-0.1, -0.05) is 27.5 Å². The third-order valence-corrected chi connectivity index (χ3v) is 2.34. The molecule has 0 amide bonds. The van der Waals surface area contributed by atoms with E-state index in [9.17, 15) is 13.2 Å². The van der Waals surface area contributed by atoms with Crippen LogP contribution in [0.2, 0.25) is 5.02 Å². The summed E-state index contributed by atoms with van der Waals surface area (Å²) in [7, 11) is 0. The lowest BCUT2D eigenvalue weighted by molar-refractivity contribution is 0.150. The number of alkyl halides is 3. The molecule has 6 heteroatoms. The van der Waals surface area contributed by atoms with Crippen LogP contribution in [0, 0.1) is 5.82 Å². The molecule has 1 nitrogen and oxygen atoms in total. The second-order valence-electron chi connectivity index (χ2n) is 2.22. The monoisotopic (exact) mass is 273 g/mol. The minimum Gasteiger partial charge on any atom is -0.257 e. The molecule has 0 aliphatic carbocycles. The smallest absolute Gasteiger partial charge is 0.257 e. The predicted molar refractivity (Wildman–Crippen MR) is 46.8 cm³/mol. The third-order valence-electron chi connectivity index (χ3n) is 1.42. The predicted octanol–water partition coefficient (Wildman–Crippen LogP) is 3.71. The SMILES string of the molecule is Fc1c(CBr)ncc(C(F)F)c1Cl. The van der Waals surface area contributed by atoms with Crippen molar-refractivity contribution in [2.75, 3.05) is 0 Å². The van der Waals surface area contributed by atoms with Crippen LogP contribution in [0.4, 0.5) is 13.2 Å². The van der Waals surface area contributed by atoms with E-state index in [1.807, 2.05) is 0 Å². The first-order valence-electron chi connectivity index (χ1n) is 3.24. The van der Waals surface area contributed by atoms with Gasteiger partial charge in [-0.2, -0.15) is 0 Å². The fourth-order valence-corrected chi connectivity index (χ4v) is 1.39. The van der Waals surface area contributed by atoms with E-state index in [1.165, 1.54) is 0 Å². The number of nitrogens with zero attached hydrogens (tertiary/aromatic N) is 1. The molecule has 0 spiro atoms. The van der Waals surface area contributed by atoms with Crippen LogP contribution in [-0.4, -0.2) is 4.98 Å². The summed E-state index contributed by atoms with van der Waals surface area (Å²) in [5.41, 5.74) is -0.557. The molecule has 13 heavy (non-hydrogen) atoms. The van der Waals surface area contributed by atoms with Crippen LogP contribution >= 0.6 is 27.5 Å². The van der Waals surface area contributed by atoms with E-state index >= 15 is 0 Å². The van der Waals surface area contributed by atoms with Gasteiger partial charge in [0.2, 0.25) is 0 Å². The van der Waals surface area contributed by atoms with Gasteiger partial charge in [-0.3, -0.25) is 4.98 Å². The van der Waals surface area contributed by atoms with Crippen molar-refractivity contribution in [2.24, 2.45) is 0 Å². The third kappa shape index (κ3) is 2.14. The number of halogens is 5. The van der Waals surface area contributed by atoms with Crippen LogP contribution in [0.5, 0.6) is 0 Å². The van der Waals surface area contributed by atoms with Gasteiger partial charge in [0.05, 0.1) is 16.3 Å². The highest BCUT2D eigenvalue weighted by Gasteiger charge is 2.18. The molecule has 0 aliphatic heterocycles. The summed E-state index contributed by atoms with van der Waals surface area (Å²) in [5, 5.41) is -0.415. The van der Waals surface area contributed by atoms with Crippen molar-refractivity contribution in [3.63, 3.8) is 0 Å². The van der Waals surface area contributed by atoms with Crippen LogP contribution < -0.4 is 0 Å². The van der Waals surface area contributed by atoms with Gasteiger partial charge >= 0.3 is 0 Å². The van der Waals surface area contributed by atoms with E-state index < -0.39 is 22.8 Å². The Hall–Kier alpha value is -0.290. The fourth-order valence-electron chi connectivity index (χ4n) is 0.760. The van der Waals surface area contributed by atoms with Gasteiger partial charge in [0.15, 0.2) is 5.82 Å². The standard InChI is InChI=1S/C7H4BrClF3N/c8-1-4-6(10)5(9)3(2-13-4)7(11)12/h2,7H,1H2. The van der Waals surface area contributed by atoms with E-state index in [-0.39, 0.29) is 11.0 Å². The highest BCUT2D eigenvalue weighted by atomic mass is 79.9. The zero-order valence-electron chi connectivity index (χ0n) is 6.20. The average molecular weight is 274 g/mol. The molecule has 1 aromatic heterocycles. The van der Waals surface area contributed by atoms with Crippen LogP contribution in [-0.2, 0) is 5.33 Å². The molecule has 0 aliphatic rings. The molecule has 0 unspecified atom stereocenters. The normalized spacial score (nSPS) is 10.9. The average Bonchev–Trinajstić information content (AvgIpc) is 2.09. The Kier molecular flexibility index (Phi) is 3.55. The maximum atomic E-state index is 13.1. The van der Waals surface area contributed by atoms with Crippen molar-refractivity contribution < 1.29 is 13.2 Å². The minimum absolute atomic E-state index is 0.0226. The van der Waals surface area contributed by atoms with E-state index in [1.54, 1.807) is 0 Å². The lowest BCUT2D eigenvalue weighted by atomic mass is 10.2. The van der Waals surface area contributed by atoms with E-state index in [0.717, 1.165) is 6.20 Å². The minimum atomic E-state index is -2.81. The van der Waals surface area contributed by atoms with Gasteiger partial charge in [-0.25, -0.2) is 13.2 Å². The summed E-state index contributed by atoms with van der Waals surface area (Å²) in [5.74, 6) is -0.892. The Morgan fingerprint density at radius 3 is 2.62 bits per heavy atom. The van der Waals surface area contributed by atoms with Crippen molar-refractivity contribution in [1.82, 2.24) is 4.98 Å². The van der Waals surface area contributed by atoms with E-state index in [4.69, 9.17) is 11.6 Å². The molecule has 0 bridgehead atoms. The molecular weight excluding hydrogens is 270 g/mol. The molecule has 1 aromatic rings. The second-order valence-corrected chi connectivity index (χ2v) is 3.16. The summed E-state index contributed by atoms with van der Waals surface area (Å²) >= 11 is 8.31. The zero-order valence-corrected chi connectivity index (χ0v) is 8.54. The molecule has 0 fully saturated rings. The van der Waals surface area contributed by atoms with Crippen molar-refractivity contribution in [2.45, 2.75) is 11.8 Å².